The normalized spacial score (nSPS) is 10.8. The van der Waals surface area contributed by atoms with Crippen molar-refractivity contribution in [3.8, 4) is 0 Å². The molecule has 0 saturated heterocycles. The van der Waals surface area contributed by atoms with Gasteiger partial charge < -0.3 is 19.7 Å². The van der Waals surface area contributed by atoms with Gasteiger partial charge in [-0.2, -0.15) is 0 Å². The molecule has 0 bridgehead atoms. The van der Waals surface area contributed by atoms with Crippen molar-refractivity contribution in [3.63, 3.8) is 0 Å². The van der Waals surface area contributed by atoms with E-state index in [-0.39, 0.29) is 34.3 Å². The SMILES string of the molecule is COC(=O)c1sc(NC(=O)CCN(C)Cc2c(F)cccc2Cl)c(C(=O)OC)c1C. The summed E-state index contributed by atoms with van der Waals surface area (Å²) in [4.78, 5) is 38.4. The topological polar surface area (TPSA) is 84.9 Å². The quantitative estimate of drug-likeness (QED) is 0.607. The number of anilines is 1. The van der Waals surface area contributed by atoms with Crippen LogP contribution in [-0.4, -0.2) is 50.6 Å². The molecule has 1 aromatic carbocycles. The number of halogens is 2. The zero-order valence-electron chi connectivity index (χ0n) is 17.0. The Balaban J connectivity index is 2.07. The van der Waals surface area contributed by atoms with Gasteiger partial charge in [0.05, 0.1) is 19.8 Å². The van der Waals surface area contributed by atoms with E-state index < -0.39 is 17.8 Å². The van der Waals surface area contributed by atoms with Gasteiger partial charge in [0, 0.05) is 30.1 Å². The molecular weight excluding hydrogens is 435 g/mol. The van der Waals surface area contributed by atoms with Gasteiger partial charge in [0.15, 0.2) is 0 Å². The number of methoxy groups -OCH3 is 2. The molecule has 0 spiro atoms. The van der Waals surface area contributed by atoms with Crippen LogP contribution in [0.2, 0.25) is 5.02 Å². The van der Waals surface area contributed by atoms with Gasteiger partial charge in [-0.05, 0) is 31.7 Å². The number of esters is 2. The Morgan fingerprint density at radius 1 is 1.20 bits per heavy atom. The van der Waals surface area contributed by atoms with E-state index in [2.05, 4.69) is 5.32 Å². The Hall–Kier alpha value is -2.49. The lowest BCUT2D eigenvalue weighted by molar-refractivity contribution is -0.116. The van der Waals surface area contributed by atoms with Crippen LogP contribution in [0, 0.1) is 12.7 Å². The Labute approximate surface area is 182 Å². The van der Waals surface area contributed by atoms with Gasteiger partial charge in [-0.3, -0.25) is 4.79 Å². The van der Waals surface area contributed by atoms with E-state index in [9.17, 15) is 18.8 Å². The van der Waals surface area contributed by atoms with Crippen LogP contribution < -0.4 is 5.32 Å². The molecule has 1 N–H and O–H groups in total. The van der Waals surface area contributed by atoms with Crippen molar-refractivity contribution in [2.24, 2.45) is 0 Å². The first kappa shape index (κ1) is 23.8. The minimum atomic E-state index is -0.666. The number of rotatable bonds is 8. The van der Waals surface area contributed by atoms with Crippen LogP contribution in [0.25, 0.3) is 0 Å². The molecule has 2 aromatic rings. The molecule has 30 heavy (non-hydrogen) atoms. The lowest BCUT2D eigenvalue weighted by Gasteiger charge is -2.17. The molecule has 2 rings (SSSR count). The monoisotopic (exact) mass is 456 g/mol. The number of carbonyl (C=O) groups excluding carboxylic acids is 3. The average Bonchev–Trinajstić information content (AvgIpc) is 3.03. The molecule has 1 heterocycles. The molecule has 1 amide bonds. The maximum atomic E-state index is 13.9. The fourth-order valence-corrected chi connectivity index (χ4v) is 4.10. The number of carbonyl (C=O) groups is 3. The second kappa shape index (κ2) is 10.5. The summed E-state index contributed by atoms with van der Waals surface area (Å²) in [5.41, 5.74) is 0.842. The second-order valence-corrected chi connectivity index (χ2v) is 7.91. The van der Waals surface area contributed by atoms with Crippen molar-refractivity contribution < 1.29 is 28.2 Å². The van der Waals surface area contributed by atoms with Gasteiger partial charge in [-0.1, -0.05) is 17.7 Å². The number of hydrogen-bond acceptors (Lipinski definition) is 7. The van der Waals surface area contributed by atoms with E-state index in [1.54, 1.807) is 24.9 Å². The average molecular weight is 457 g/mol. The lowest BCUT2D eigenvalue weighted by Crippen LogP contribution is -2.24. The first-order valence-corrected chi connectivity index (χ1v) is 10.1. The predicted molar refractivity (Wildman–Crippen MR) is 113 cm³/mol. The molecule has 0 aliphatic carbocycles. The third-order valence-corrected chi connectivity index (χ3v) is 5.91. The van der Waals surface area contributed by atoms with Gasteiger partial charge in [0.1, 0.15) is 15.7 Å². The third-order valence-electron chi connectivity index (χ3n) is 4.37. The number of thiophene rings is 1. The van der Waals surface area contributed by atoms with Crippen molar-refractivity contribution in [1.29, 1.82) is 0 Å². The maximum absolute atomic E-state index is 13.9. The molecule has 0 aliphatic heterocycles. The number of hydrogen-bond donors (Lipinski definition) is 1. The van der Waals surface area contributed by atoms with E-state index in [1.807, 2.05) is 0 Å². The van der Waals surface area contributed by atoms with Crippen molar-refractivity contribution in [2.75, 3.05) is 33.1 Å². The van der Waals surface area contributed by atoms with Crippen molar-refractivity contribution >= 4 is 45.8 Å². The molecule has 10 heteroatoms. The number of ether oxygens (including phenoxy) is 2. The van der Waals surface area contributed by atoms with Crippen molar-refractivity contribution in [2.45, 2.75) is 19.9 Å². The zero-order chi connectivity index (χ0) is 22.4. The van der Waals surface area contributed by atoms with Crippen LogP contribution in [0.4, 0.5) is 9.39 Å². The van der Waals surface area contributed by atoms with Crippen LogP contribution in [0.15, 0.2) is 18.2 Å². The molecule has 0 fully saturated rings. The molecule has 1 aromatic heterocycles. The highest BCUT2D eigenvalue weighted by molar-refractivity contribution is 7.18. The van der Waals surface area contributed by atoms with Crippen molar-refractivity contribution in [1.82, 2.24) is 4.90 Å². The minimum Gasteiger partial charge on any atom is -0.465 e. The Kier molecular flexibility index (Phi) is 8.33. The zero-order valence-corrected chi connectivity index (χ0v) is 18.6. The van der Waals surface area contributed by atoms with Gasteiger partial charge in [-0.25, -0.2) is 14.0 Å². The smallest absolute Gasteiger partial charge is 0.348 e. The summed E-state index contributed by atoms with van der Waals surface area (Å²) in [5.74, 6) is -2.06. The fraction of sp³-hybridized carbons (Fsp3) is 0.350. The van der Waals surface area contributed by atoms with Crippen LogP contribution in [0.5, 0.6) is 0 Å². The summed E-state index contributed by atoms with van der Waals surface area (Å²) in [6.45, 7) is 2.13. The predicted octanol–water partition coefficient (Wildman–Crippen LogP) is 3.88. The fourth-order valence-electron chi connectivity index (χ4n) is 2.75. The molecule has 0 aliphatic rings. The maximum Gasteiger partial charge on any atom is 0.348 e. The summed E-state index contributed by atoms with van der Waals surface area (Å²) in [6, 6.07) is 4.46. The van der Waals surface area contributed by atoms with E-state index in [0.29, 0.717) is 22.7 Å². The molecule has 162 valence electrons. The van der Waals surface area contributed by atoms with Crippen LogP contribution in [0.1, 0.15) is 37.6 Å². The molecular formula is C20H22ClFN2O5S. The summed E-state index contributed by atoms with van der Waals surface area (Å²) in [5, 5.41) is 3.18. The minimum absolute atomic E-state index is 0.0771. The highest BCUT2D eigenvalue weighted by atomic mass is 35.5. The lowest BCUT2D eigenvalue weighted by atomic mass is 10.1. The summed E-state index contributed by atoms with van der Waals surface area (Å²) < 4.78 is 23.4. The largest absolute Gasteiger partial charge is 0.465 e. The van der Waals surface area contributed by atoms with E-state index >= 15 is 0 Å². The van der Waals surface area contributed by atoms with Gasteiger partial charge in [-0.15, -0.1) is 11.3 Å². The first-order chi connectivity index (χ1) is 14.2. The Morgan fingerprint density at radius 3 is 2.47 bits per heavy atom. The van der Waals surface area contributed by atoms with Crippen LogP contribution >= 0.6 is 22.9 Å². The van der Waals surface area contributed by atoms with Crippen LogP contribution in [-0.2, 0) is 20.8 Å². The summed E-state index contributed by atoms with van der Waals surface area (Å²) in [6.07, 6.45) is 0.0771. The van der Waals surface area contributed by atoms with Crippen molar-refractivity contribution in [3.05, 3.63) is 50.6 Å². The number of benzene rings is 1. The highest BCUT2D eigenvalue weighted by Gasteiger charge is 2.26. The summed E-state index contributed by atoms with van der Waals surface area (Å²) in [7, 11) is 4.18. The van der Waals surface area contributed by atoms with E-state index in [4.69, 9.17) is 21.1 Å². The van der Waals surface area contributed by atoms with Gasteiger partial charge in [0.25, 0.3) is 0 Å². The third kappa shape index (κ3) is 5.56. The Bertz CT molecular complexity index is 943. The van der Waals surface area contributed by atoms with Crippen LogP contribution in [0.3, 0.4) is 0 Å². The van der Waals surface area contributed by atoms with Gasteiger partial charge in [0.2, 0.25) is 5.91 Å². The molecule has 0 radical (unpaired) electrons. The molecule has 0 unspecified atom stereocenters. The first-order valence-electron chi connectivity index (χ1n) is 8.90. The number of nitrogens with one attached hydrogen (secondary N) is 1. The molecule has 0 atom stereocenters. The Morgan fingerprint density at radius 2 is 1.87 bits per heavy atom. The molecule has 7 nitrogen and oxygen atoms in total. The molecule has 0 saturated carbocycles. The second-order valence-electron chi connectivity index (χ2n) is 6.48. The van der Waals surface area contributed by atoms with Gasteiger partial charge >= 0.3 is 11.9 Å². The summed E-state index contributed by atoms with van der Waals surface area (Å²) >= 11 is 6.98. The highest BCUT2D eigenvalue weighted by Crippen LogP contribution is 2.34. The number of amides is 1. The van der Waals surface area contributed by atoms with E-state index in [1.165, 1.54) is 26.4 Å². The van der Waals surface area contributed by atoms with E-state index in [0.717, 1.165) is 11.3 Å². The number of nitrogens with zero attached hydrogens (tertiary/aromatic N) is 1. The standard InChI is InChI=1S/C20H22ClFN2O5S/c1-11-16(19(26)28-3)18(30-17(11)20(27)29-4)23-15(25)8-9-24(2)10-12-13(21)6-5-7-14(12)22/h5-7H,8-10H2,1-4H3,(H,23,25).